The van der Waals surface area contributed by atoms with Crippen LogP contribution in [0.15, 0.2) is 158 Å². The maximum atomic E-state index is 16.0. The van der Waals surface area contributed by atoms with E-state index in [2.05, 4.69) is 73.4 Å². The van der Waals surface area contributed by atoms with Gasteiger partial charge in [-0.15, -0.1) is 0 Å². The molecule has 6 heterocycles. The monoisotopic (exact) mass is 1960 g/mol. The number of rotatable bonds is 23. The van der Waals surface area contributed by atoms with Gasteiger partial charge in [-0.25, -0.2) is 14.8 Å². The molecule has 2 aromatic heterocycles. The van der Waals surface area contributed by atoms with Crippen LogP contribution in [-0.4, -0.2) is 302 Å². The number of hydrogen-bond donors (Lipinski definition) is 17. The van der Waals surface area contributed by atoms with Gasteiger partial charge in [0.2, 0.25) is 88.6 Å². The first-order valence-electron chi connectivity index (χ1n) is 46.3. The molecule has 748 valence electrons. The Hall–Kier alpha value is -15.0. The predicted molar refractivity (Wildman–Crippen MR) is 511 cm³/mol. The van der Waals surface area contributed by atoms with E-state index in [4.69, 9.17) is 32.5 Å². The number of phenols is 1. The second kappa shape index (κ2) is 48.5. The molecule has 0 radical (unpaired) electrons. The molecule has 12 rings (SSSR count). The molecule has 0 saturated carbocycles. The highest BCUT2D eigenvalue weighted by Crippen LogP contribution is 2.35. The van der Waals surface area contributed by atoms with Crippen molar-refractivity contribution < 1.29 is 106 Å². The molecular formula is C98H117ClN20O22. The number of aromatic nitrogens is 3. The third kappa shape index (κ3) is 28.0. The first kappa shape index (κ1) is 105. The normalized spacial score (nSPS) is 24.4. The van der Waals surface area contributed by atoms with Gasteiger partial charge in [0.05, 0.1) is 31.6 Å². The van der Waals surface area contributed by atoms with Crippen molar-refractivity contribution in [3.63, 3.8) is 0 Å². The van der Waals surface area contributed by atoms with Gasteiger partial charge in [-0.2, -0.15) is 0 Å². The number of H-pyrrole nitrogens is 1. The number of likely N-dealkylation sites (N-methyl/N-ethyl adjacent to an activating group) is 1. The number of carboxylic acids is 2. The second-order valence-corrected chi connectivity index (χ2v) is 36.3. The number of halogens is 1. The summed E-state index contributed by atoms with van der Waals surface area (Å²) in [6.07, 6.45) is 3.35. The summed E-state index contributed by atoms with van der Waals surface area (Å²) in [4.78, 5) is 265. The van der Waals surface area contributed by atoms with E-state index in [1.54, 1.807) is 97.5 Å². The Labute approximate surface area is 815 Å². The zero-order chi connectivity index (χ0) is 102. The number of carboxylic acid groups (broad SMARTS) is 2. The lowest BCUT2D eigenvalue weighted by Gasteiger charge is -2.33. The van der Waals surface area contributed by atoms with E-state index < -0.39 is 217 Å². The number of aromatic carboxylic acids is 1. The van der Waals surface area contributed by atoms with Crippen molar-refractivity contribution in [1.82, 2.24) is 93.0 Å². The SMILES string of the molecule is COCCC[C@@H]1NC(=O)[C@H](Cc2ccc(O)cc2)NC(=O)CNC(=O)[C@@H](C)N(C)C(=O)[C@H](CC(=O)O)NC(=O)[C@H]([C@@H](C)c2cc(Cl)cc3ccccc23)NC(=O)[C@@H]2C[C@@H](N)CN2C(=O)CNC(=O)[C@H](Cc2ccc(C(=O)O)cc2)NC(=O)[C@H](Cc2c[nH]c3ccccc23)NC(=O)[C@H](Cc2ccc(OCCNC(C)=O)cc2)NC(=O)[C@@H]2C[C@@H](Cc3cncnc3)CN2C(=O)[C@H]2C[C@H](N)CN2C(=O)[C@H](C)NC1=O. The number of methoxy groups -OCH3 is 1. The van der Waals surface area contributed by atoms with E-state index in [0.29, 0.717) is 55.2 Å². The highest BCUT2D eigenvalue weighted by atomic mass is 35.5. The molecular weight excluding hydrogens is 1840 g/mol. The van der Waals surface area contributed by atoms with Gasteiger partial charge in [0.25, 0.3) is 0 Å². The minimum Gasteiger partial charge on any atom is -0.508 e. The molecule has 6 aromatic carbocycles. The number of nitrogens with two attached hydrogens (primary N) is 2. The standard InChI is InChI=1S/C98H117ClN20O22/c1-52(71-39-64(99)37-62-12-7-8-13-69(62)71)85-94(134)114-78(42-84(124)125)96(136)116(5)54(3)86(126)106-46-82(122)109-75(34-57-19-25-67(121)26-20-57)89(129)110-73(16-11-30-140-6)88(128)108-53(2)95(135)119-50-66(101)41-81(119)97(137)118-48-59(32-60-43-102-51-103-44-60)36-79(118)92(132)113-76(35-58-21-27-68(28-22-58)141-31-29-104-55(4)120)90(130)112-77(38-63-45-105-72-15-10-9-14-70(63)72)91(131)111-74(33-56-17-23-61(24-18-56)98(138)139)87(127)107-47-83(123)117-49-65(100)40-80(117)93(133)115-85/h7-10,12-15,17-28,37,39,43-45,51-54,59,65-66,73-81,85,105,121H,11,16,29-36,38,40-42,46-50,100-101H2,1-6H3,(H,104,120)(H,106,126)(H,107,127)(H,108,128)(H,109,122)(H,110,129)(H,111,131)(H,112,130)(H,113,132)(H,114,134)(H,115,133)(H,124,125)(H,138,139)/t52-,53-,54+,59+,65+,66-,73-,74-,75-,76-,77-,78-,79-,80-,81+,85-/m0/s1. The van der Waals surface area contributed by atoms with Crippen LogP contribution in [-0.2, 0) is 114 Å². The fraction of sp³-hybridized carbons (Fsp3) is 0.418. The number of nitrogens with one attached hydrogen (secondary N) is 12. The van der Waals surface area contributed by atoms with Gasteiger partial charge in [0.15, 0.2) is 0 Å². The Bertz CT molecular complexity index is 5940. The molecule has 4 aliphatic rings. The largest absolute Gasteiger partial charge is 0.508 e. The van der Waals surface area contributed by atoms with Crippen LogP contribution in [0, 0.1) is 5.92 Å². The number of ether oxygens (including phenoxy) is 2. The lowest BCUT2D eigenvalue weighted by Crippen LogP contribution is -2.60. The summed E-state index contributed by atoms with van der Waals surface area (Å²) in [5.74, 6) is -18.2. The van der Waals surface area contributed by atoms with Crippen molar-refractivity contribution in [2.45, 2.75) is 189 Å². The van der Waals surface area contributed by atoms with Crippen molar-refractivity contribution in [3.8, 4) is 11.5 Å². The number of carbonyl (C=O) groups is 17. The van der Waals surface area contributed by atoms with Crippen LogP contribution in [0.3, 0.4) is 0 Å². The lowest BCUT2D eigenvalue weighted by atomic mass is 9.88. The zero-order valence-electron chi connectivity index (χ0n) is 78.5. The first-order chi connectivity index (χ1) is 67.4. The molecule has 15 amide bonds. The second-order valence-electron chi connectivity index (χ2n) is 35.9. The number of aliphatic carboxylic acids is 1. The number of phenolic OH excluding ortho intramolecular Hbond substituents is 1. The van der Waals surface area contributed by atoms with E-state index in [1.165, 1.54) is 106 Å². The average Bonchev–Trinajstić information content (AvgIpc) is 1.67. The van der Waals surface area contributed by atoms with E-state index in [-0.39, 0.29) is 125 Å². The van der Waals surface area contributed by atoms with E-state index in [0.717, 1.165) is 16.8 Å². The number of carbonyl (C=O) groups excluding carboxylic acids is 15. The number of amides is 15. The molecule has 19 N–H and O–H groups in total. The Morgan fingerprint density at radius 3 is 1.74 bits per heavy atom. The summed E-state index contributed by atoms with van der Waals surface area (Å²) in [7, 11) is 2.52. The summed E-state index contributed by atoms with van der Waals surface area (Å²) in [5.41, 5.74) is 16.3. The molecule has 42 nitrogen and oxygen atoms in total. The van der Waals surface area contributed by atoms with Crippen molar-refractivity contribution in [2.75, 3.05) is 66.6 Å². The highest BCUT2D eigenvalue weighted by Gasteiger charge is 2.49. The number of fused-ring (bicyclic) bond motifs is 5. The molecule has 16 atom stereocenters. The van der Waals surface area contributed by atoms with Crippen LogP contribution < -0.4 is 74.7 Å². The van der Waals surface area contributed by atoms with Crippen LogP contribution in [0.2, 0.25) is 5.02 Å². The van der Waals surface area contributed by atoms with Crippen molar-refractivity contribution in [2.24, 2.45) is 17.4 Å². The minimum absolute atomic E-state index is 0.0549. The van der Waals surface area contributed by atoms with Gasteiger partial charge < -0.3 is 119 Å². The lowest BCUT2D eigenvalue weighted by molar-refractivity contribution is -0.148. The van der Waals surface area contributed by atoms with Gasteiger partial charge in [0.1, 0.15) is 96.9 Å². The number of aromatic hydroxyl groups is 1. The third-order valence-corrected chi connectivity index (χ3v) is 25.7. The molecule has 4 fully saturated rings. The Kier molecular flexibility index (Phi) is 36.1. The third-order valence-electron chi connectivity index (χ3n) is 25.5. The highest BCUT2D eigenvalue weighted by molar-refractivity contribution is 6.31. The maximum Gasteiger partial charge on any atom is 0.335 e. The fourth-order valence-electron chi connectivity index (χ4n) is 18.0. The first-order valence-corrected chi connectivity index (χ1v) is 46.6. The van der Waals surface area contributed by atoms with Crippen LogP contribution >= 0.6 is 11.6 Å². The topological polar surface area (TPSA) is 608 Å². The summed E-state index contributed by atoms with van der Waals surface area (Å²) in [5, 5.41) is 61.9. The predicted octanol–water partition coefficient (Wildman–Crippen LogP) is -0.0338. The summed E-state index contributed by atoms with van der Waals surface area (Å²) < 4.78 is 11.2. The van der Waals surface area contributed by atoms with Crippen LogP contribution in [0.1, 0.15) is 116 Å². The minimum atomic E-state index is -2.01. The number of aromatic amines is 1. The Morgan fingerprint density at radius 2 is 1.09 bits per heavy atom. The molecule has 8 aromatic rings. The van der Waals surface area contributed by atoms with Gasteiger partial charge in [0, 0.05) is 126 Å². The number of benzene rings is 6. The Morgan fingerprint density at radius 1 is 0.546 bits per heavy atom. The maximum absolute atomic E-state index is 16.0. The van der Waals surface area contributed by atoms with Gasteiger partial charge in [-0.3, -0.25) is 76.7 Å². The van der Waals surface area contributed by atoms with Gasteiger partial charge in [-0.05, 0) is 157 Å². The van der Waals surface area contributed by atoms with E-state index in [1.807, 2.05) is 0 Å². The average molecular weight is 1960 g/mol. The summed E-state index contributed by atoms with van der Waals surface area (Å²) in [6.45, 7) is 3.28. The molecule has 43 heteroatoms. The van der Waals surface area contributed by atoms with Gasteiger partial charge in [-0.1, -0.05) is 97.4 Å². The molecule has 141 heavy (non-hydrogen) atoms. The van der Waals surface area contributed by atoms with Crippen molar-refractivity contribution in [1.29, 1.82) is 0 Å². The molecule has 0 aliphatic carbocycles. The van der Waals surface area contributed by atoms with Crippen LogP contribution in [0.5, 0.6) is 11.5 Å². The molecule has 0 spiro atoms. The number of nitrogens with zero attached hydrogens (tertiary/aromatic N) is 6. The van der Waals surface area contributed by atoms with Gasteiger partial charge >= 0.3 is 11.9 Å². The van der Waals surface area contributed by atoms with Crippen molar-refractivity contribution in [3.05, 3.63) is 202 Å². The van der Waals surface area contributed by atoms with E-state index >= 15 is 43.2 Å². The molecule has 0 unspecified atom stereocenters. The Balaban J connectivity index is 0.921. The summed E-state index contributed by atoms with van der Waals surface area (Å²) >= 11 is 6.75. The number of para-hydroxylation sites is 1. The fourth-order valence-corrected chi connectivity index (χ4v) is 18.2. The summed E-state index contributed by atoms with van der Waals surface area (Å²) in [6, 6.07) is 13.3. The smallest absolute Gasteiger partial charge is 0.335 e. The molecule has 4 aliphatic heterocycles. The molecule has 4 saturated heterocycles. The van der Waals surface area contributed by atoms with Crippen LogP contribution in [0.25, 0.3) is 21.7 Å². The van der Waals surface area contributed by atoms with Crippen molar-refractivity contribution >= 4 is 134 Å². The van der Waals surface area contributed by atoms with E-state index in [9.17, 15) is 53.7 Å². The number of hydrogen-bond acceptors (Lipinski definition) is 24. The zero-order valence-corrected chi connectivity index (χ0v) is 79.3. The quantitative estimate of drug-likeness (QED) is 0.0374. The molecule has 0 bridgehead atoms. The van der Waals surface area contributed by atoms with Crippen LogP contribution in [0.4, 0.5) is 0 Å².